The van der Waals surface area contributed by atoms with Crippen LogP contribution in [0.2, 0.25) is 0 Å². The summed E-state index contributed by atoms with van der Waals surface area (Å²) in [5.41, 5.74) is 2.09. The van der Waals surface area contributed by atoms with Crippen LogP contribution in [0.15, 0.2) is 35.1 Å². The maximum absolute atomic E-state index is 13.0. The molecule has 2 rings (SSSR count). The van der Waals surface area contributed by atoms with Gasteiger partial charge in [-0.15, -0.1) is 0 Å². The lowest BCUT2D eigenvalue weighted by Gasteiger charge is -2.08. The van der Waals surface area contributed by atoms with Crippen molar-refractivity contribution in [1.82, 2.24) is 10.3 Å². The predicted molar refractivity (Wildman–Crippen MR) is 74.1 cm³/mol. The molecule has 0 aliphatic rings. The molecule has 0 spiro atoms. The summed E-state index contributed by atoms with van der Waals surface area (Å²) in [6.07, 6.45) is 0. The molecule has 1 aromatic carbocycles. The Hall–Kier alpha value is -2.43. The van der Waals surface area contributed by atoms with Gasteiger partial charge in [-0.1, -0.05) is 6.07 Å². The average Bonchev–Trinajstić information content (AvgIpc) is 2.37. The highest BCUT2D eigenvalue weighted by Crippen LogP contribution is 2.06. The van der Waals surface area contributed by atoms with E-state index in [0.717, 1.165) is 17.3 Å². The molecular formula is C15H15FN2O2. The molecule has 0 fully saturated rings. The molecule has 1 heterocycles. The van der Waals surface area contributed by atoms with Gasteiger partial charge < -0.3 is 10.3 Å². The number of aromatic nitrogens is 1. The van der Waals surface area contributed by atoms with E-state index in [-0.39, 0.29) is 17.7 Å². The molecule has 0 atom stereocenters. The Morgan fingerprint density at radius 2 is 2.05 bits per heavy atom. The molecule has 5 heteroatoms. The molecule has 0 radical (unpaired) electrons. The van der Waals surface area contributed by atoms with Crippen LogP contribution in [0, 0.1) is 19.7 Å². The van der Waals surface area contributed by atoms with E-state index in [2.05, 4.69) is 10.3 Å². The van der Waals surface area contributed by atoms with Crippen molar-refractivity contribution in [2.24, 2.45) is 0 Å². The van der Waals surface area contributed by atoms with Gasteiger partial charge in [0.2, 0.25) is 0 Å². The van der Waals surface area contributed by atoms with Gasteiger partial charge in [-0.25, -0.2) is 4.39 Å². The van der Waals surface area contributed by atoms with Crippen LogP contribution < -0.4 is 10.9 Å². The van der Waals surface area contributed by atoms with Crippen LogP contribution in [0.25, 0.3) is 0 Å². The summed E-state index contributed by atoms with van der Waals surface area (Å²) < 4.78 is 13.0. The van der Waals surface area contributed by atoms with E-state index < -0.39 is 11.7 Å². The first kappa shape index (κ1) is 14.0. The third-order valence-corrected chi connectivity index (χ3v) is 3.01. The zero-order chi connectivity index (χ0) is 14.7. The normalized spacial score (nSPS) is 10.3. The van der Waals surface area contributed by atoms with Crippen molar-refractivity contribution in [2.45, 2.75) is 20.4 Å². The second kappa shape index (κ2) is 5.69. The van der Waals surface area contributed by atoms with E-state index in [1.807, 2.05) is 13.0 Å². The Balaban J connectivity index is 2.13. The summed E-state index contributed by atoms with van der Waals surface area (Å²) in [5, 5.41) is 2.62. The van der Waals surface area contributed by atoms with Crippen molar-refractivity contribution in [3.63, 3.8) is 0 Å². The smallest absolute Gasteiger partial charge is 0.253 e. The Bertz CT molecular complexity index is 707. The van der Waals surface area contributed by atoms with E-state index in [4.69, 9.17) is 0 Å². The van der Waals surface area contributed by atoms with E-state index in [0.29, 0.717) is 5.56 Å². The number of benzene rings is 1. The quantitative estimate of drug-likeness (QED) is 0.900. The summed E-state index contributed by atoms with van der Waals surface area (Å²) >= 11 is 0. The average molecular weight is 274 g/mol. The van der Waals surface area contributed by atoms with Crippen molar-refractivity contribution >= 4 is 5.91 Å². The van der Waals surface area contributed by atoms with E-state index in [1.54, 1.807) is 6.92 Å². The van der Waals surface area contributed by atoms with Crippen LogP contribution in [0.5, 0.6) is 0 Å². The standard InChI is InChI=1S/C15H15FN2O2/c1-9-6-10(2)18-15(20)13(9)8-17-14(19)11-4-3-5-12(16)7-11/h3-7H,8H2,1-2H3,(H,17,19)(H,18,20). The lowest BCUT2D eigenvalue weighted by atomic mass is 10.1. The van der Waals surface area contributed by atoms with Crippen molar-refractivity contribution < 1.29 is 9.18 Å². The van der Waals surface area contributed by atoms with Gasteiger partial charge in [0.1, 0.15) is 5.82 Å². The number of aryl methyl sites for hydroxylation is 2. The number of amides is 1. The van der Waals surface area contributed by atoms with Crippen LogP contribution in [0.4, 0.5) is 4.39 Å². The fourth-order valence-electron chi connectivity index (χ4n) is 2.00. The molecule has 2 aromatic rings. The molecule has 104 valence electrons. The highest BCUT2D eigenvalue weighted by Gasteiger charge is 2.09. The molecule has 0 bridgehead atoms. The molecule has 1 aromatic heterocycles. The first-order valence-electron chi connectivity index (χ1n) is 6.20. The highest BCUT2D eigenvalue weighted by atomic mass is 19.1. The number of halogens is 1. The number of hydrogen-bond donors (Lipinski definition) is 2. The number of H-pyrrole nitrogens is 1. The number of aromatic amines is 1. The number of hydrogen-bond acceptors (Lipinski definition) is 2. The summed E-state index contributed by atoms with van der Waals surface area (Å²) in [6, 6.07) is 7.25. The number of pyridine rings is 1. The van der Waals surface area contributed by atoms with Crippen LogP contribution in [-0.4, -0.2) is 10.9 Å². The minimum atomic E-state index is -0.470. The summed E-state index contributed by atoms with van der Waals surface area (Å²) in [5.74, 6) is -0.883. The molecule has 0 aliphatic carbocycles. The molecule has 0 unspecified atom stereocenters. The zero-order valence-electron chi connectivity index (χ0n) is 11.3. The van der Waals surface area contributed by atoms with Crippen molar-refractivity contribution in [3.8, 4) is 0 Å². The minimum Gasteiger partial charge on any atom is -0.348 e. The third-order valence-electron chi connectivity index (χ3n) is 3.01. The van der Waals surface area contributed by atoms with Gasteiger partial charge in [0.25, 0.3) is 11.5 Å². The molecule has 0 saturated heterocycles. The lowest BCUT2D eigenvalue weighted by molar-refractivity contribution is 0.0950. The summed E-state index contributed by atoms with van der Waals surface area (Å²) in [6.45, 7) is 3.71. The Morgan fingerprint density at radius 1 is 1.30 bits per heavy atom. The topological polar surface area (TPSA) is 62.0 Å². The number of carbonyl (C=O) groups is 1. The lowest BCUT2D eigenvalue weighted by Crippen LogP contribution is -2.27. The fraction of sp³-hybridized carbons (Fsp3) is 0.200. The number of rotatable bonds is 3. The van der Waals surface area contributed by atoms with Crippen LogP contribution in [-0.2, 0) is 6.54 Å². The van der Waals surface area contributed by atoms with Crippen LogP contribution in [0.1, 0.15) is 27.2 Å². The minimum absolute atomic E-state index is 0.108. The molecule has 0 saturated carbocycles. The van der Waals surface area contributed by atoms with Crippen molar-refractivity contribution in [1.29, 1.82) is 0 Å². The zero-order valence-corrected chi connectivity index (χ0v) is 11.3. The SMILES string of the molecule is Cc1cc(C)c(CNC(=O)c2cccc(F)c2)c(=O)[nH]1. The molecule has 2 N–H and O–H groups in total. The first-order chi connectivity index (χ1) is 9.47. The van der Waals surface area contributed by atoms with Gasteiger partial charge in [-0.2, -0.15) is 0 Å². The van der Waals surface area contributed by atoms with Gasteiger partial charge in [0, 0.05) is 23.4 Å². The molecule has 0 aliphatic heterocycles. The Kier molecular flexibility index (Phi) is 3.98. The maximum atomic E-state index is 13.0. The first-order valence-corrected chi connectivity index (χ1v) is 6.20. The van der Waals surface area contributed by atoms with Crippen molar-refractivity contribution in [3.05, 3.63) is 68.9 Å². The predicted octanol–water partition coefficient (Wildman–Crippen LogP) is 2.06. The summed E-state index contributed by atoms with van der Waals surface area (Å²) in [7, 11) is 0. The fourth-order valence-corrected chi connectivity index (χ4v) is 2.00. The van der Waals surface area contributed by atoms with Gasteiger partial charge in [-0.05, 0) is 43.7 Å². The second-order valence-electron chi connectivity index (χ2n) is 4.64. The Morgan fingerprint density at radius 3 is 2.70 bits per heavy atom. The van der Waals surface area contributed by atoms with Gasteiger partial charge >= 0.3 is 0 Å². The maximum Gasteiger partial charge on any atom is 0.253 e. The molecular weight excluding hydrogens is 259 g/mol. The Labute approximate surface area is 115 Å². The van der Waals surface area contributed by atoms with Gasteiger partial charge in [0.15, 0.2) is 0 Å². The molecule has 20 heavy (non-hydrogen) atoms. The van der Waals surface area contributed by atoms with E-state index >= 15 is 0 Å². The third kappa shape index (κ3) is 3.12. The van der Waals surface area contributed by atoms with E-state index in [1.165, 1.54) is 18.2 Å². The monoisotopic (exact) mass is 274 g/mol. The van der Waals surface area contributed by atoms with Crippen molar-refractivity contribution in [2.75, 3.05) is 0 Å². The highest BCUT2D eigenvalue weighted by molar-refractivity contribution is 5.94. The van der Waals surface area contributed by atoms with Crippen LogP contribution >= 0.6 is 0 Å². The number of nitrogens with one attached hydrogen (secondary N) is 2. The molecule has 1 amide bonds. The number of carbonyl (C=O) groups excluding carboxylic acids is 1. The van der Waals surface area contributed by atoms with Gasteiger partial charge in [-0.3, -0.25) is 9.59 Å². The van der Waals surface area contributed by atoms with E-state index in [9.17, 15) is 14.0 Å². The summed E-state index contributed by atoms with van der Waals surface area (Å²) in [4.78, 5) is 26.4. The second-order valence-corrected chi connectivity index (χ2v) is 4.64. The largest absolute Gasteiger partial charge is 0.348 e. The van der Waals surface area contributed by atoms with Crippen LogP contribution in [0.3, 0.4) is 0 Å². The van der Waals surface area contributed by atoms with Gasteiger partial charge in [0.05, 0.1) is 0 Å². The molecule has 4 nitrogen and oxygen atoms in total.